The minimum atomic E-state index is -3.17. The molecule has 1 N–H and O–H groups in total. The van der Waals surface area contributed by atoms with Crippen LogP contribution in [-0.2, 0) is 9.84 Å². The molecule has 0 aliphatic carbocycles. The molecule has 5 heteroatoms. The highest BCUT2D eigenvalue weighted by molar-refractivity contribution is 7.91. The third kappa shape index (κ3) is 3.23. The van der Waals surface area contributed by atoms with Crippen LogP contribution >= 0.6 is 0 Å². The van der Waals surface area contributed by atoms with Gasteiger partial charge in [0, 0.05) is 0 Å². The largest absolute Gasteiger partial charge is 0.497 e. The van der Waals surface area contributed by atoms with Crippen molar-refractivity contribution in [2.75, 3.05) is 26.0 Å². The summed E-state index contributed by atoms with van der Waals surface area (Å²) in [6.07, 6.45) is 1.88. The van der Waals surface area contributed by atoms with E-state index in [0.717, 1.165) is 25.9 Å². The highest BCUT2D eigenvalue weighted by Gasteiger charge is 2.22. The Morgan fingerprint density at radius 3 is 2.39 bits per heavy atom. The zero-order valence-corrected chi connectivity index (χ0v) is 11.4. The van der Waals surface area contributed by atoms with Crippen LogP contribution in [0.1, 0.15) is 12.8 Å². The molecule has 1 aromatic carbocycles. The van der Waals surface area contributed by atoms with E-state index in [1.807, 2.05) is 0 Å². The summed E-state index contributed by atoms with van der Waals surface area (Å²) < 4.78 is 29.5. The monoisotopic (exact) mass is 269 g/mol. The summed E-state index contributed by atoms with van der Waals surface area (Å²) in [6.45, 7) is 1.84. The fourth-order valence-electron chi connectivity index (χ4n) is 2.24. The van der Waals surface area contributed by atoms with Crippen molar-refractivity contribution in [3.63, 3.8) is 0 Å². The molecule has 0 atom stereocenters. The van der Waals surface area contributed by atoms with Crippen molar-refractivity contribution in [1.29, 1.82) is 0 Å². The van der Waals surface area contributed by atoms with Crippen LogP contribution in [0, 0.1) is 5.92 Å². The lowest BCUT2D eigenvalue weighted by Crippen LogP contribution is -2.31. The molecule has 100 valence electrons. The Bertz CT molecular complexity index is 475. The van der Waals surface area contributed by atoms with Gasteiger partial charge in [0.15, 0.2) is 9.84 Å². The standard InChI is InChI=1S/C13H19NO3S/c1-17-12-2-4-13(5-3-12)18(15,16)10-11-6-8-14-9-7-11/h2-5,11,14H,6-10H2,1H3. The van der Waals surface area contributed by atoms with Gasteiger partial charge in [-0.05, 0) is 56.1 Å². The maximum Gasteiger partial charge on any atom is 0.178 e. The molecular weight excluding hydrogens is 250 g/mol. The minimum Gasteiger partial charge on any atom is -0.497 e. The third-order valence-corrected chi connectivity index (χ3v) is 5.23. The molecular formula is C13H19NO3S. The molecule has 1 saturated heterocycles. The van der Waals surface area contributed by atoms with Gasteiger partial charge in [0.1, 0.15) is 5.75 Å². The first-order valence-corrected chi connectivity index (χ1v) is 7.84. The fraction of sp³-hybridized carbons (Fsp3) is 0.538. The quantitative estimate of drug-likeness (QED) is 0.899. The lowest BCUT2D eigenvalue weighted by Gasteiger charge is -2.22. The summed E-state index contributed by atoms with van der Waals surface area (Å²) in [4.78, 5) is 0.391. The molecule has 1 aliphatic heterocycles. The second kappa shape index (κ2) is 5.71. The number of piperidine rings is 1. The van der Waals surface area contributed by atoms with Gasteiger partial charge in [-0.25, -0.2) is 8.42 Å². The Morgan fingerprint density at radius 1 is 1.22 bits per heavy atom. The number of sulfone groups is 1. The second-order valence-electron chi connectivity index (χ2n) is 4.65. The smallest absolute Gasteiger partial charge is 0.178 e. The summed E-state index contributed by atoms with van der Waals surface area (Å²) in [7, 11) is -1.60. The molecule has 1 aliphatic rings. The predicted octanol–water partition coefficient (Wildman–Crippen LogP) is 1.47. The fourth-order valence-corrected chi connectivity index (χ4v) is 3.94. The zero-order valence-electron chi connectivity index (χ0n) is 10.6. The highest BCUT2D eigenvalue weighted by Crippen LogP contribution is 2.21. The van der Waals surface area contributed by atoms with Crippen LogP contribution in [0.4, 0.5) is 0 Å². The van der Waals surface area contributed by atoms with Crippen LogP contribution in [-0.4, -0.2) is 34.4 Å². The Labute approximate surface area is 108 Å². The van der Waals surface area contributed by atoms with Crippen molar-refractivity contribution in [1.82, 2.24) is 5.32 Å². The first-order valence-electron chi connectivity index (χ1n) is 6.19. The van der Waals surface area contributed by atoms with Gasteiger partial charge in [0.2, 0.25) is 0 Å². The Kier molecular flexibility index (Phi) is 4.24. The summed E-state index contributed by atoms with van der Waals surface area (Å²) >= 11 is 0. The van der Waals surface area contributed by atoms with Crippen molar-refractivity contribution < 1.29 is 13.2 Å². The Morgan fingerprint density at radius 2 is 1.83 bits per heavy atom. The normalized spacial score (nSPS) is 17.6. The SMILES string of the molecule is COc1ccc(S(=O)(=O)CC2CCNCC2)cc1. The number of methoxy groups -OCH3 is 1. The second-order valence-corrected chi connectivity index (χ2v) is 6.68. The molecule has 18 heavy (non-hydrogen) atoms. The molecule has 2 rings (SSSR count). The van der Waals surface area contributed by atoms with Crippen LogP contribution in [0.3, 0.4) is 0 Å². The Balaban J connectivity index is 2.08. The topological polar surface area (TPSA) is 55.4 Å². The number of rotatable bonds is 4. The van der Waals surface area contributed by atoms with E-state index in [-0.39, 0.29) is 11.7 Å². The van der Waals surface area contributed by atoms with Gasteiger partial charge >= 0.3 is 0 Å². The highest BCUT2D eigenvalue weighted by atomic mass is 32.2. The molecule has 0 bridgehead atoms. The van der Waals surface area contributed by atoms with Crippen molar-refractivity contribution >= 4 is 9.84 Å². The Hall–Kier alpha value is -1.07. The molecule has 4 nitrogen and oxygen atoms in total. The first-order chi connectivity index (χ1) is 8.62. The van der Waals surface area contributed by atoms with Crippen LogP contribution in [0.25, 0.3) is 0 Å². The molecule has 0 saturated carbocycles. The first kappa shape index (κ1) is 13.4. The zero-order chi connectivity index (χ0) is 13.0. The number of benzene rings is 1. The predicted molar refractivity (Wildman–Crippen MR) is 70.6 cm³/mol. The van der Waals surface area contributed by atoms with Gasteiger partial charge in [-0.3, -0.25) is 0 Å². The summed E-state index contributed by atoms with van der Waals surface area (Å²) in [5.41, 5.74) is 0. The molecule has 1 aromatic rings. The molecule has 0 amide bonds. The van der Waals surface area contributed by atoms with E-state index in [0.29, 0.717) is 10.6 Å². The average molecular weight is 269 g/mol. The van der Waals surface area contributed by atoms with Crippen LogP contribution in [0.5, 0.6) is 5.75 Å². The van der Waals surface area contributed by atoms with E-state index in [4.69, 9.17) is 4.74 Å². The van der Waals surface area contributed by atoms with E-state index >= 15 is 0 Å². The van der Waals surface area contributed by atoms with Crippen LogP contribution < -0.4 is 10.1 Å². The maximum absolute atomic E-state index is 12.2. The third-order valence-electron chi connectivity index (χ3n) is 3.33. The van der Waals surface area contributed by atoms with Crippen molar-refractivity contribution in [3.8, 4) is 5.75 Å². The molecule has 0 unspecified atom stereocenters. The number of hydrogen-bond acceptors (Lipinski definition) is 4. The van der Waals surface area contributed by atoms with E-state index < -0.39 is 9.84 Å². The van der Waals surface area contributed by atoms with E-state index in [2.05, 4.69) is 5.32 Å². The molecule has 1 heterocycles. The summed E-state index contributed by atoms with van der Waals surface area (Å²) in [5.74, 6) is 1.20. The molecule has 0 aromatic heterocycles. The van der Waals surface area contributed by atoms with Crippen molar-refractivity contribution in [3.05, 3.63) is 24.3 Å². The molecule has 0 radical (unpaired) electrons. The van der Waals surface area contributed by atoms with Crippen LogP contribution in [0.15, 0.2) is 29.2 Å². The van der Waals surface area contributed by atoms with Gasteiger partial charge in [-0.1, -0.05) is 0 Å². The number of nitrogens with one attached hydrogen (secondary N) is 1. The lowest BCUT2D eigenvalue weighted by atomic mass is 10.0. The summed E-state index contributed by atoms with van der Waals surface area (Å²) in [5, 5.41) is 3.24. The van der Waals surface area contributed by atoms with Crippen LogP contribution in [0.2, 0.25) is 0 Å². The van der Waals surface area contributed by atoms with E-state index in [1.54, 1.807) is 31.4 Å². The van der Waals surface area contributed by atoms with Gasteiger partial charge in [0.05, 0.1) is 17.8 Å². The number of ether oxygens (including phenoxy) is 1. The average Bonchev–Trinajstić information content (AvgIpc) is 2.39. The van der Waals surface area contributed by atoms with Crippen molar-refractivity contribution in [2.45, 2.75) is 17.7 Å². The van der Waals surface area contributed by atoms with Gasteiger partial charge in [-0.15, -0.1) is 0 Å². The van der Waals surface area contributed by atoms with Crippen molar-refractivity contribution in [2.24, 2.45) is 5.92 Å². The van der Waals surface area contributed by atoms with Gasteiger partial charge < -0.3 is 10.1 Å². The van der Waals surface area contributed by atoms with E-state index in [1.165, 1.54) is 0 Å². The summed E-state index contributed by atoms with van der Waals surface area (Å²) in [6, 6.07) is 6.62. The maximum atomic E-state index is 12.2. The molecule has 1 fully saturated rings. The minimum absolute atomic E-state index is 0.251. The molecule has 0 spiro atoms. The van der Waals surface area contributed by atoms with Gasteiger partial charge in [-0.2, -0.15) is 0 Å². The van der Waals surface area contributed by atoms with E-state index in [9.17, 15) is 8.42 Å². The van der Waals surface area contributed by atoms with Gasteiger partial charge in [0.25, 0.3) is 0 Å². The lowest BCUT2D eigenvalue weighted by molar-refractivity contribution is 0.401. The number of hydrogen-bond donors (Lipinski definition) is 1.